The molecule has 14 heteroatoms. The van der Waals surface area contributed by atoms with E-state index in [4.69, 9.17) is 0 Å². The monoisotopic (exact) mass is 648 g/mol. The number of amides is 2. The van der Waals surface area contributed by atoms with Gasteiger partial charge in [0.1, 0.15) is 0 Å². The number of nitrogens with one attached hydrogen (secondary N) is 2. The lowest BCUT2D eigenvalue weighted by Gasteiger charge is -2.35. The number of hydrogen-bond donors (Lipinski definition) is 2. The largest absolute Gasteiger partial charge is 0.390 e. The number of fused-ring (bicyclic) bond motifs is 1. The van der Waals surface area contributed by atoms with E-state index in [-0.39, 0.29) is 54.9 Å². The van der Waals surface area contributed by atoms with Crippen LogP contribution in [0.1, 0.15) is 74.6 Å². The molecule has 3 unspecified atom stereocenters. The van der Waals surface area contributed by atoms with Crippen LogP contribution in [0.2, 0.25) is 0 Å². The Morgan fingerprint density at radius 3 is 2.24 bits per heavy atom. The van der Waals surface area contributed by atoms with Crippen LogP contribution in [0, 0.1) is 23.7 Å². The van der Waals surface area contributed by atoms with Gasteiger partial charge in [0.2, 0.25) is 11.8 Å². The van der Waals surface area contributed by atoms with Crippen molar-refractivity contribution >= 4 is 11.8 Å². The van der Waals surface area contributed by atoms with E-state index < -0.39 is 68.0 Å². The number of hydrogen-bond acceptors (Lipinski definition) is 3. The van der Waals surface area contributed by atoms with Gasteiger partial charge < -0.3 is 10.6 Å². The summed E-state index contributed by atoms with van der Waals surface area (Å²) in [7, 11) is 0. The van der Waals surface area contributed by atoms with Gasteiger partial charge in [0.25, 0.3) is 5.91 Å². The second-order valence-electron chi connectivity index (χ2n) is 12.7. The molecule has 0 spiro atoms. The predicted molar refractivity (Wildman–Crippen MR) is 148 cm³/mol. The van der Waals surface area contributed by atoms with Gasteiger partial charge in [-0.1, -0.05) is 29.9 Å². The predicted octanol–water partition coefficient (Wildman–Crippen LogP) is 7.06. The summed E-state index contributed by atoms with van der Waals surface area (Å²) in [6.07, 6.45) is 0.457. The smallest absolute Gasteiger partial charge is 0.349 e. The first kappa shape index (κ1) is 33.2. The maximum atomic E-state index is 14.0. The number of aromatic nitrogens is 2. The Balaban J connectivity index is 1.31. The Kier molecular flexibility index (Phi) is 9.51. The van der Waals surface area contributed by atoms with Crippen LogP contribution >= 0.6 is 0 Å². The first-order chi connectivity index (χ1) is 21.1. The van der Waals surface area contributed by atoms with Crippen molar-refractivity contribution in [1.82, 2.24) is 20.4 Å². The van der Waals surface area contributed by atoms with E-state index in [2.05, 4.69) is 15.7 Å². The molecule has 0 aliphatic heterocycles. The third-order valence-electron chi connectivity index (χ3n) is 9.14. The van der Waals surface area contributed by atoms with Crippen molar-refractivity contribution in [2.45, 2.75) is 101 Å². The summed E-state index contributed by atoms with van der Waals surface area (Å²) in [6, 6.07) is -0.991. The Labute approximate surface area is 255 Å². The average Bonchev–Trinajstić information content (AvgIpc) is 3.52. The lowest BCUT2D eigenvalue weighted by molar-refractivity contribution is -0.144. The molecule has 2 saturated carbocycles. The molecule has 2 amide bonds. The molecule has 4 aliphatic carbocycles. The minimum Gasteiger partial charge on any atom is -0.349 e. The van der Waals surface area contributed by atoms with Crippen molar-refractivity contribution in [2.24, 2.45) is 23.7 Å². The highest BCUT2D eigenvalue weighted by atomic mass is 19.4. The second kappa shape index (κ2) is 12.9. The second-order valence-corrected chi connectivity index (χ2v) is 12.7. The van der Waals surface area contributed by atoms with Crippen LogP contribution in [0.3, 0.4) is 0 Å². The van der Waals surface area contributed by atoms with Crippen LogP contribution in [-0.2, 0) is 11.3 Å². The summed E-state index contributed by atoms with van der Waals surface area (Å²) in [5.41, 5.74) is 1.73. The minimum absolute atomic E-state index is 0.0130. The Bertz CT molecular complexity index is 1330. The minimum atomic E-state index is -4.43. The van der Waals surface area contributed by atoms with Crippen molar-refractivity contribution in [2.75, 3.05) is 0 Å². The summed E-state index contributed by atoms with van der Waals surface area (Å²) in [6.45, 7) is -0.446. The summed E-state index contributed by atoms with van der Waals surface area (Å²) in [4.78, 5) is 25.6. The van der Waals surface area contributed by atoms with Crippen LogP contribution < -0.4 is 10.6 Å². The number of nitrogens with zero attached hydrogens (tertiary/aromatic N) is 2. The molecule has 0 radical (unpaired) electrons. The normalized spacial score (nSPS) is 24.8. The number of carbonyl (C=O) groups is 2. The van der Waals surface area contributed by atoms with Crippen LogP contribution in [0.25, 0.3) is 0 Å². The van der Waals surface area contributed by atoms with Gasteiger partial charge >= 0.3 is 12.4 Å². The van der Waals surface area contributed by atoms with Gasteiger partial charge in [0.05, 0.1) is 36.7 Å². The molecule has 0 saturated heterocycles. The summed E-state index contributed by atoms with van der Waals surface area (Å²) in [5, 5.41) is 9.60. The highest BCUT2D eigenvalue weighted by Crippen LogP contribution is 2.45. The number of halogens is 8. The fourth-order valence-corrected chi connectivity index (χ4v) is 6.55. The lowest BCUT2D eigenvalue weighted by atomic mass is 9.78. The van der Waals surface area contributed by atoms with Gasteiger partial charge in [0.15, 0.2) is 0 Å². The molecular formula is C31H36F8N4O2. The standard InChI is InChI=1S/C31H36F8N4O2/c32-29(33)8-5-19(6-9-29)27(42-28(45)24-16-40-43(17-24)12-11-31(37,38)39)23-13-20-3-4-21(14-22(20)15-23)26(18-1-2-18)41-25(44)7-10-30(34,35)36/h3-4,14-20,22,26-27H,1-2,5-13H2,(H,41,44)(H,42,45)/t20?,22?,26?,27-/m0/s1. The summed E-state index contributed by atoms with van der Waals surface area (Å²) in [5.74, 6) is -4.27. The number of aryl methyl sites for hydroxylation is 1. The first-order valence-corrected chi connectivity index (χ1v) is 15.3. The third kappa shape index (κ3) is 9.18. The van der Waals surface area contributed by atoms with Crippen LogP contribution in [0.5, 0.6) is 0 Å². The van der Waals surface area contributed by atoms with Crippen molar-refractivity contribution in [3.05, 3.63) is 53.4 Å². The van der Waals surface area contributed by atoms with Crippen LogP contribution in [0.4, 0.5) is 35.1 Å². The van der Waals surface area contributed by atoms with Crippen molar-refractivity contribution in [1.29, 1.82) is 0 Å². The molecule has 1 aromatic rings. The van der Waals surface area contributed by atoms with Gasteiger partial charge in [-0.3, -0.25) is 14.3 Å². The van der Waals surface area contributed by atoms with E-state index in [1.807, 2.05) is 24.3 Å². The van der Waals surface area contributed by atoms with Crippen LogP contribution in [0.15, 0.2) is 47.8 Å². The van der Waals surface area contributed by atoms with Gasteiger partial charge in [-0.25, -0.2) is 8.78 Å². The maximum absolute atomic E-state index is 14.0. The van der Waals surface area contributed by atoms with Gasteiger partial charge in [0, 0.05) is 37.9 Å². The molecule has 4 aliphatic rings. The van der Waals surface area contributed by atoms with Crippen molar-refractivity contribution in [3.63, 3.8) is 0 Å². The molecule has 0 aromatic carbocycles. The zero-order valence-electron chi connectivity index (χ0n) is 24.4. The van der Waals surface area contributed by atoms with Crippen molar-refractivity contribution in [3.8, 4) is 0 Å². The number of carbonyl (C=O) groups excluding carboxylic acids is 2. The van der Waals surface area contributed by atoms with Crippen LogP contribution in [-0.4, -0.2) is 52.0 Å². The molecule has 2 N–H and O–H groups in total. The molecular weight excluding hydrogens is 612 g/mol. The zero-order valence-corrected chi connectivity index (χ0v) is 24.4. The van der Waals surface area contributed by atoms with E-state index >= 15 is 0 Å². The molecule has 2 fully saturated rings. The molecule has 0 bridgehead atoms. The molecule has 4 atom stereocenters. The fraction of sp³-hybridized carbons (Fsp3) is 0.645. The molecule has 5 rings (SSSR count). The van der Waals surface area contributed by atoms with Gasteiger partial charge in [-0.05, 0) is 55.4 Å². The lowest BCUT2D eigenvalue weighted by Crippen LogP contribution is -2.44. The SMILES string of the molecule is O=C(CCC(F)(F)F)NC(C1=CC2C=C([C@@H](NC(=O)c3cnn(CCC(F)(F)F)c3)C3CCC(F)(F)CC3)CC2C=C1)C1CC1. The van der Waals surface area contributed by atoms with E-state index in [0.717, 1.165) is 28.7 Å². The maximum Gasteiger partial charge on any atom is 0.390 e. The van der Waals surface area contributed by atoms with Gasteiger partial charge in [-0.2, -0.15) is 31.4 Å². The molecule has 248 valence electrons. The Morgan fingerprint density at radius 1 is 0.933 bits per heavy atom. The van der Waals surface area contributed by atoms with Crippen molar-refractivity contribution < 1.29 is 44.7 Å². The van der Waals surface area contributed by atoms with E-state index in [1.165, 1.54) is 12.4 Å². The van der Waals surface area contributed by atoms with E-state index in [1.54, 1.807) is 0 Å². The zero-order chi connectivity index (χ0) is 32.6. The summed E-state index contributed by atoms with van der Waals surface area (Å²) >= 11 is 0. The molecule has 45 heavy (non-hydrogen) atoms. The number of rotatable bonds is 11. The highest BCUT2D eigenvalue weighted by molar-refractivity contribution is 5.94. The molecule has 6 nitrogen and oxygen atoms in total. The third-order valence-corrected chi connectivity index (χ3v) is 9.14. The van der Waals surface area contributed by atoms with E-state index in [0.29, 0.717) is 6.42 Å². The topological polar surface area (TPSA) is 76.0 Å². The van der Waals surface area contributed by atoms with E-state index in [9.17, 15) is 44.7 Å². The first-order valence-electron chi connectivity index (χ1n) is 15.3. The number of allylic oxidation sites excluding steroid dienone is 3. The Hall–Kier alpha value is -3.19. The highest BCUT2D eigenvalue weighted by Gasteiger charge is 2.42. The molecule has 1 heterocycles. The fourth-order valence-electron chi connectivity index (χ4n) is 6.55. The number of alkyl halides is 8. The summed E-state index contributed by atoms with van der Waals surface area (Å²) < 4.78 is 105. The quantitative estimate of drug-likeness (QED) is 0.200. The van der Waals surface area contributed by atoms with Gasteiger partial charge in [-0.15, -0.1) is 0 Å². The Morgan fingerprint density at radius 2 is 1.60 bits per heavy atom. The average molecular weight is 649 g/mol. The molecule has 1 aromatic heterocycles.